The van der Waals surface area contributed by atoms with E-state index in [-0.39, 0.29) is 11.8 Å². The van der Waals surface area contributed by atoms with Crippen LogP contribution in [-0.4, -0.2) is 37.0 Å². The van der Waals surface area contributed by atoms with E-state index in [1.165, 1.54) is 0 Å². The van der Waals surface area contributed by atoms with E-state index in [9.17, 15) is 9.59 Å². The highest BCUT2D eigenvalue weighted by Crippen LogP contribution is 2.33. The first-order chi connectivity index (χ1) is 16.5. The number of anilines is 1. The smallest absolute Gasteiger partial charge is 0.255 e. The molecule has 1 unspecified atom stereocenters. The Morgan fingerprint density at radius 1 is 1.09 bits per heavy atom. The summed E-state index contributed by atoms with van der Waals surface area (Å²) >= 11 is 0. The molecule has 34 heavy (non-hydrogen) atoms. The highest BCUT2D eigenvalue weighted by molar-refractivity contribution is 6.01. The van der Waals surface area contributed by atoms with Crippen LogP contribution >= 0.6 is 0 Å². The average molecular weight is 458 g/mol. The second-order valence-electron chi connectivity index (χ2n) is 8.65. The van der Waals surface area contributed by atoms with Crippen LogP contribution in [0.2, 0.25) is 0 Å². The van der Waals surface area contributed by atoms with Crippen molar-refractivity contribution in [3.8, 4) is 11.5 Å². The van der Waals surface area contributed by atoms with Gasteiger partial charge in [-0.2, -0.15) is 0 Å². The van der Waals surface area contributed by atoms with Gasteiger partial charge in [0.2, 0.25) is 5.91 Å². The van der Waals surface area contributed by atoms with Crippen LogP contribution in [0.4, 0.5) is 5.69 Å². The molecule has 1 atom stereocenters. The van der Waals surface area contributed by atoms with Crippen molar-refractivity contribution in [2.75, 3.05) is 19.5 Å². The lowest BCUT2D eigenvalue weighted by atomic mass is 10.0. The van der Waals surface area contributed by atoms with Gasteiger partial charge in [0.15, 0.2) is 0 Å². The van der Waals surface area contributed by atoms with E-state index in [1.54, 1.807) is 19.1 Å². The molecule has 0 bridgehead atoms. The summed E-state index contributed by atoms with van der Waals surface area (Å²) in [5, 5.41) is 8.29. The fraction of sp³-hybridized carbons (Fsp3) is 0.259. The summed E-state index contributed by atoms with van der Waals surface area (Å²) in [6.45, 7) is 4.80. The van der Waals surface area contributed by atoms with Gasteiger partial charge in [0.05, 0.1) is 14.2 Å². The lowest BCUT2D eigenvalue weighted by Crippen LogP contribution is -2.49. The molecule has 1 saturated heterocycles. The van der Waals surface area contributed by atoms with Crippen LogP contribution in [0.3, 0.4) is 0 Å². The zero-order chi connectivity index (χ0) is 23.8. The quantitative estimate of drug-likeness (QED) is 0.580. The number of amides is 2. The Kier molecular flexibility index (Phi) is 5.61. The summed E-state index contributed by atoms with van der Waals surface area (Å²) in [6, 6.07) is 15.3. The van der Waals surface area contributed by atoms with Crippen molar-refractivity contribution in [3.63, 3.8) is 0 Å². The Labute approximate surface area is 198 Å². The van der Waals surface area contributed by atoms with Crippen molar-refractivity contribution in [3.05, 3.63) is 77.5 Å². The minimum atomic E-state index is -0.458. The Balaban J connectivity index is 1.34. The number of ether oxygens (including phenoxy) is 2. The number of hydrogen-bond acceptors (Lipinski definition) is 5. The summed E-state index contributed by atoms with van der Waals surface area (Å²) in [5.74, 6) is 1.33. The Hall–Kier alpha value is -4.00. The van der Waals surface area contributed by atoms with E-state index >= 15 is 0 Å². The third-order valence-corrected chi connectivity index (χ3v) is 6.58. The van der Waals surface area contributed by atoms with Crippen molar-refractivity contribution in [1.29, 1.82) is 0 Å². The average Bonchev–Trinajstić information content (AvgIpc) is 3.17. The number of carbonyl (C=O) groups is 2. The number of nitrogens with one attached hydrogen (secondary N) is 2. The summed E-state index contributed by atoms with van der Waals surface area (Å²) < 4.78 is 11.1. The van der Waals surface area contributed by atoms with Gasteiger partial charge in [0.1, 0.15) is 17.5 Å². The molecule has 7 heteroatoms. The SMILES string of the molecule is C=C1CCC(N2Cc3cc(NCc4cc5cccc(OC)c5cc4OC)ccc3C2=O)C(=O)N1. The molecule has 174 valence electrons. The summed E-state index contributed by atoms with van der Waals surface area (Å²) in [6.07, 6.45) is 1.28. The van der Waals surface area contributed by atoms with Gasteiger partial charge in [-0.05, 0) is 60.2 Å². The van der Waals surface area contributed by atoms with Crippen molar-refractivity contribution < 1.29 is 19.1 Å². The maximum absolute atomic E-state index is 13.0. The number of piperidine rings is 1. The summed E-state index contributed by atoms with van der Waals surface area (Å²) in [4.78, 5) is 27.0. The van der Waals surface area contributed by atoms with E-state index in [4.69, 9.17) is 9.47 Å². The molecule has 0 aliphatic carbocycles. The fourth-order valence-electron chi connectivity index (χ4n) is 4.79. The standard InChI is InChI=1S/C27H27N3O4/c1-16-7-10-23(26(31)29-16)30-15-19-12-20(8-9-21(19)27(30)32)28-14-18-11-17-5-4-6-24(33-2)22(17)13-25(18)34-3/h4-6,8-9,11-13,23,28H,1,7,10,14-15H2,2-3H3,(H,29,31). The van der Waals surface area contributed by atoms with Crippen molar-refractivity contribution in [1.82, 2.24) is 10.2 Å². The third kappa shape index (κ3) is 3.83. The zero-order valence-electron chi connectivity index (χ0n) is 19.3. The molecule has 0 aromatic heterocycles. The van der Waals surface area contributed by atoms with Gasteiger partial charge in [0, 0.05) is 41.0 Å². The molecule has 0 radical (unpaired) electrons. The molecule has 3 aromatic carbocycles. The summed E-state index contributed by atoms with van der Waals surface area (Å²) in [5.41, 5.74) is 4.20. The summed E-state index contributed by atoms with van der Waals surface area (Å²) in [7, 11) is 3.32. The predicted octanol–water partition coefficient (Wildman–Crippen LogP) is 4.22. The number of nitrogens with zero attached hydrogens (tertiary/aromatic N) is 1. The maximum atomic E-state index is 13.0. The van der Waals surface area contributed by atoms with Crippen molar-refractivity contribution in [2.45, 2.75) is 32.0 Å². The van der Waals surface area contributed by atoms with Crippen LogP contribution in [0.1, 0.15) is 34.3 Å². The first-order valence-corrected chi connectivity index (χ1v) is 11.3. The molecule has 2 aliphatic rings. The van der Waals surface area contributed by atoms with E-state index in [2.05, 4.69) is 23.3 Å². The molecule has 3 aromatic rings. The second-order valence-corrected chi connectivity index (χ2v) is 8.65. The number of fused-ring (bicyclic) bond motifs is 2. The topological polar surface area (TPSA) is 79.9 Å². The van der Waals surface area contributed by atoms with Crippen LogP contribution in [0.15, 0.2) is 60.8 Å². The Morgan fingerprint density at radius 2 is 1.91 bits per heavy atom. The molecule has 2 aliphatic heterocycles. The molecule has 2 heterocycles. The third-order valence-electron chi connectivity index (χ3n) is 6.58. The van der Waals surface area contributed by atoms with E-state index in [1.807, 2.05) is 42.5 Å². The highest BCUT2D eigenvalue weighted by atomic mass is 16.5. The second kappa shape index (κ2) is 8.74. The molecule has 0 spiro atoms. The van der Waals surface area contributed by atoms with Gasteiger partial charge in [-0.1, -0.05) is 18.7 Å². The van der Waals surface area contributed by atoms with Gasteiger partial charge >= 0.3 is 0 Å². The number of rotatable bonds is 6. The zero-order valence-corrected chi connectivity index (χ0v) is 19.3. The number of benzene rings is 3. The first-order valence-electron chi connectivity index (χ1n) is 11.3. The molecular weight excluding hydrogens is 430 g/mol. The van der Waals surface area contributed by atoms with Gasteiger partial charge < -0.3 is 25.0 Å². The molecule has 1 fully saturated rings. The molecule has 5 rings (SSSR count). The predicted molar refractivity (Wildman–Crippen MR) is 131 cm³/mol. The number of methoxy groups -OCH3 is 2. The number of hydrogen-bond donors (Lipinski definition) is 2. The van der Waals surface area contributed by atoms with Crippen LogP contribution in [-0.2, 0) is 17.9 Å². The Morgan fingerprint density at radius 3 is 2.68 bits per heavy atom. The molecule has 7 nitrogen and oxygen atoms in total. The highest BCUT2D eigenvalue weighted by Gasteiger charge is 2.38. The van der Waals surface area contributed by atoms with Crippen LogP contribution < -0.4 is 20.1 Å². The lowest BCUT2D eigenvalue weighted by Gasteiger charge is -2.30. The van der Waals surface area contributed by atoms with Crippen LogP contribution in [0.25, 0.3) is 10.8 Å². The largest absolute Gasteiger partial charge is 0.496 e. The van der Waals surface area contributed by atoms with Crippen molar-refractivity contribution >= 4 is 28.3 Å². The fourth-order valence-corrected chi connectivity index (χ4v) is 4.79. The normalized spacial score (nSPS) is 17.5. The maximum Gasteiger partial charge on any atom is 0.255 e. The van der Waals surface area contributed by atoms with Gasteiger partial charge in [-0.3, -0.25) is 9.59 Å². The minimum Gasteiger partial charge on any atom is -0.496 e. The minimum absolute atomic E-state index is 0.0978. The van der Waals surface area contributed by atoms with Gasteiger partial charge in [-0.15, -0.1) is 0 Å². The van der Waals surface area contributed by atoms with E-state index in [0.29, 0.717) is 37.2 Å². The Bertz CT molecular complexity index is 1320. The monoisotopic (exact) mass is 457 g/mol. The van der Waals surface area contributed by atoms with Crippen LogP contribution in [0, 0.1) is 0 Å². The van der Waals surface area contributed by atoms with Crippen molar-refractivity contribution in [2.24, 2.45) is 0 Å². The van der Waals surface area contributed by atoms with E-state index in [0.717, 1.165) is 39.1 Å². The first kappa shape index (κ1) is 21.8. The molecule has 0 saturated carbocycles. The van der Waals surface area contributed by atoms with Crippen LogP contribution in [0.5, 0.6) is 11.5 Å². The molecule has 2 N–H and O–H groups in total. The molecule has 2 amide bonds. The molecular formula is C27H27N3O4. The lowest BCUT2D eigenvalue weighted by molar-refractivity contribution is -0.126. The van der Waals surface area contributed by atoms with Gasteiger partial charge in [0.25, 0.3) is 5.91 Å². The number of carbonyl (C=O) groups excluding carboxylic acids is 2. The number of allylic oxidation sites excluding steroid dienone is 1. The van der Waals surface area contributed by atoms with Gasteiger partial charge in [-0.25, -0.2) is 0 Å². The van der Waals surface area contributed by atoms with E-state index < -0.39 is 6.04 Å².